The van der Waals surface area contributed by atoms with Crippen molar-refractivity contribution in [3.63, 3.8) is 0 Å². The van der Waals surface area contributed by atoms with Crippen LogP contribution in [0.4, 0.5) is 5.69 Å². The summed E-state index contributed by atoms with van der Waals surface area (Å²) in [6.07, 6.45) is 3.18. The highest BCUT2D eigenvalue weighted by Gasteiger charge is 2.07. The van der Waals surface area contributed by atoms with Crippen LogP contribution in [0.3, 0.4) is 0 Å². The van der Waals surface area contributed by atoms with Gasteiger partial charge in [-0.25, -0.2) is 5.43 Å². The molecule has 0 bridgehead atoms. The zero-order chi connectivity index (χ0) is 24.5. The number of nitrogens with zero attached hydrogens (tertiary/aromatic N) is 2. The molecule has 8 heteroatoms. The number of carbonyl (C=O) groups is 2. The Morgan fingerprint density at radius 2 is 1.66 bits per heavy atom. The van der Waals surface area contributed by atoms with Gasteiger partial charge in [0.15, 0.2) is 13.2 Å². The molecule has 0 radical (unpaired) electrons. The standard InChI is InChI=1S/C27H24N4O4/c1-19-6-2-3-9-23(19)30-25(32)17-34-22-13-11-20(12-14-22)16-29-31-26(33)18-35-24-10-4-7-21-8-5-15-28-27(21)24/h2-16H,17-18H2,1H3,(H,30,32)(H,31,33)/b29-16-. The SMILES string of the molecule is Cc1ccccc1NC(=O)COc1ccc(/C=N\NC(=O)COc2cccc3cccnc23)cc1. The van der Waals surface area contributed by atoms with Gasteiger partial charge >= 0.3 is 0 Å². The van der Waals surface area contributed by atoms with Gasteiger partial charge in [0.25, 0.3) is 11.8 Å². The highest BCUT2D eigenvalue weighted by atomic mass is 16.5. The zero-order valence-electron chi connectivity index (χ0n) is 19.1. The van der Waals surface area contributed by atoms with Crippen LogP contribution in [0.25, 0.3) is 10.9 Å². The maximum atomic E-state index is 12.1. The molecule has 0 saturated heterocycles. The number of amides is 2. The fourth-order valence-electron chi connectivity index (χ4n) is 3.25. The lowest BCUT2D eigenvalue weighted by Crippen LogP contribution is -2.24. The number of hydrogen-bond donors (Lipinski definition) is 2. The molecule has 0 aliphatic heterocycles. The van der Waals surface area contributed by atoms with E-state index in [1.54, 1.807) is 36.5 Å². The van der Waals surface area contributed by atoms with Gasteiger partial charge in [-0.15, -0.1) is 0 Å². The van der Waals surface area contributed by atoms with Gasteiger partial charge in [0, 0.05) is 17.3 Å². The fraction of sp³-hybridized carbons (Fsp3) is 0.111. The van der Waals surface area contributed by atoms with E-state index in [-0.39, 0.29) is 19.1 Å². The molecule has 1 heterocycles. The zero-order valence-corrected chi connectivity index (χ0v) is 19.1. The van der Waals surface area contributed by atoms with Gasteiger partial charge in [0.1, 0.15) is 17.0 Å². The number of hydrazone groups is 1. The van der Waals surface area contributed by atoms with Gasteiger partial charge in [-0.05, 0) is 60.5 Å². The Labute approximate surface area is 202 Å². The molecule has 176 valence electrons. The number of rotatable bonds is 9. The summed E-state index contributed by atoms with van der Waals surface area (Å²) in [5.41, 5.74) is 5.62. The molecule has 35 heavy (non-hydrogen) atoms. The number of aryl methyl sites for hydroxylation is 1. The summed E-state index contributed by atoms with van der Waals surface area (Å²) in [6.45, 7) is 1.63. The predicted molar refractivity (Wildman–Crippen MR) is 135 cm³/mol. The second kappa shape index (κ2) is 11.4. The van der Waals surface area contributed by atoms with Crippen molar-refractivity contribution < 1.29 is 19.1 Å². The van der Waals surface area contributed by atoms with Gasteiger partial charge in [-0.1, -0.05) is 36.4 Å². The van der Waals surface area contributed by atoms with Gasteiger partial charge in [-0.3, -0.25) is 14.6 Å². The molecule has 0 aliphatic rings. The topological polar surface area (TPSA) is 102 Å². The van der Waals surface area contributed by atoms with Crippen LogP contribution in [0.15, 0.2) is 90.2 Å². The Hall–Kier alpha value is -4.72. The normalized spacial score (nSPS) is 10.8. The first-order valence-corrected chi connectivity index (χ1v) is 11.0. The van der Waals surface area contributed by atoms with Crippen molar-refractivity contribution in [1.29, 1.82) is 0 Å². The molecule has 8 nitrogen and oxygen atoms in total. The largest absolute Gasteiger partial charge is 0.484 e. The van der Waals surface area contributed by atoms with E-state index >= 15 is 0 Å². The Kier molecular flexibility index (Phi) is 7.65. The molecule has 2 amide bonds. The first kappa shape index (κ1) is 23.4. The minimum Gasteiger partial charge on any atom is -0.484 e. The monoisotopic (exact) mass is 468 g/mol. The second-order valence-corrected chi connectivity index (χ2v) is 7.63. The summed E-state index contributed by atoms with van der Waals surface area (Å²) in [6, 6.07) is 23.8. The highest BCUT2D eigenvalue weighted by molar-refractivity contribution is 5.92. The van der Waals surface area contributed by atoms with E-state index in [1.165, 1.54) is 6.21 Å². The highest BCUT2D eigenvalue weighted by Crippen LogP contribution is 2.22. The van der Waals surface area contributed by atoms with Crippen molar-refractivity contribution in [3.8, 4) is 11.5 Å². The van der Waals surface area contributed by atoms with E-state index in [0.29, 0.717) is 17.0 Å². The maximum Gasteiger partial charge on any atom is 0.277 e. The molecule has 0 atom stereocenters. The lowest BCUT2D eigenvalue weighted by atomic mass is 10.2. The van der Waals surface area contributed by atoms with Crippen molar-refractivity contribution in [2.24, 2.45) is 5.10 Å². The molecule has 0 aliphatic carbocycles. The molecule has 0 saturated carbocycles. The van der Waals surface area contributed by atoms with E-state index < -0.39 is 5.91 Å². The van der Waals surface area contributed by atoms with Crippen LogP contribution in [-0.2, 0) is 9.59 Å². The average molecular weight is 469 g/mol. The van der Waals surface area contributed by atoms with Crippen molar-refractivity contribution in [1.82, 2.24) is 10.4 Å². The number of para-hydroxylation sites is 2. The molecule has 0 fully saturated rings. The molecule has 0 spiro atoms. The Morgan fingerprint density at radius 1 is 0.886 bits per heavy atom. The van der Waals surface area contributed by atoms with E-state index in [0.717, 1.165) is 22.2 Å². The first-order valence-electron chi connectivity index (χ1n) is 11.0. The number of benzene rings is 3. The van der Waals surface area contributed by atoms with Crippen molar-refractivity contribution in [2.75, 3.05) is 18.5 Å². The second-order valence-electron chi connectivity index (χ2n) is 7.63. The molecule has 0 unspecified atom stereocenters. The fourth-order valence-corrected chi connectivity index (χ4v) is 3.25. The van der Waals surface area contributed by atoms with Crippen LogP contribution >= 0.6 is 0 Å². The summed E-state index contributed by atoms with van der Waals surface area (Å²) >= 11 is 0. The van der Waals surface area contributed by atoms with Crippen molar-refractivity contribution >= 4 is 34.6 Å². The summed E-state index contributed by atoms with van der Waals surface area (Å²) in [7, 11) is 0. The minimum absolute atomic E-state index is 0.107. The molecule has 1 aromatic heterocycles. The van der Waals surface area contributed by atoms with Gasteiger partial charge in [-0.2, -0.15) is 5.10 Å². The number of pyridine rings is 1. The Balaban J connectivity index is 1.21. The number of aromatic nitrogens is 1. The minimum atomic E-state index is -0.395. The van der Waals surface area contributed by atoms with E-state index in [1.807, 2.05) is 55.5 Å². The van der Waals surface area contributed by atoms with E-state index in [9.17, 15) is 9.59 Å². The van der Waals surface area contributed by atoms with Crippen molar-refractivity contribution in [2.45, 2.75) is 6.92 Å². The van der Waals surface area contributed by atoms with E-state index in [4.69, 9.17) is 9.47 Å². The lowest BCUT2D eigenvalue weighted by Gasteiger charge is -2.09. The molecule has 3 aromatic carbocycles. The molecule has 4 aromatic rings. The first-order chi connectivity index (χ1) is 17.1. The van der Waals surface area contributed by atoms with Gasteiger partial charge in [0.2, 0.25) is 0 Å². The summed E-state index contributed by atoms with van der Waals surface area (Å²) in [5.74, 6) is 0.441. The molecule has 4 rings (SSSR count). The van der Waals surface area contributed by atoms with Crippen molar-refractivity contribution in [3.05, 3.63) is 96.2 Å². The number of hydrogen-bond acceptors (Lipinski definition) is 6. The number of fused-ring (bicyclic) bond motifs is 1. The van der Waals surface area contributed by atoms with Crippen LogP contribution in [0, 0.1) is 6.92 Å². The average Bonchev–Trinajstić information content (AvgIpc) is 2.88. The van der Waals surface area contributed by atoms with Crippen LogP contribution < -0.4 is 20.2 Å². The van der Waals surface area contributed by atoms with Crippen LogP contribution in [0.1, 0.15) is 11.1 Å². The van der Waals surface area contributed by atoms with Crippen LogP contribution in [-0.4, -0.2) is 36.2 Å². The smallest absolute Gasteiger partial charge is 0.277 e. The Bertz CT molecular complexity index is 1350. The third-order valence-electron chi connectivity index (χ3n) is 5.03. The predicted octanol–water partition coefficient (Wildman–Crippen LogP) is 4.09. The number of ether oxygens (including phenoxy) is 2. The maximum absolute atomic E-state index is 12.1. The Morgan fingerprint density at radius 3 is 2.49 bits per heavy atom. The van der Waals surface area contributed by atoms with Crippen LogP contribution in [0.5, 0.6) is 11.5 Å². The number of nitrogens with one attached hydrogen (secondary N) is 2. The summed E-state index contributed by atoms with van der Waals surface area (Å²) in [5, 5.41) is 7.70. The molecule has 2 N–H and O–H groups in total. The van der Waals surface area contributed by atoms with Crippen LogP contribution in [0.2, 0.25) is 0 Å². The summed E-state index contributed by atoms with van der Waals surface area (Å²) in [4.78, 5) is 28.5. The molecular formula is C27H24N4O4. The summed E-state index contributed by atoms with van der Waals surface area (Å²) < 4.78 is 11.1. The third-order valence-corrected chi connectivity index (χ3v) is 5.03. The number of anilines is 1. The number of carbonyl (C=O) groups excluding carboxylic acids is 2. The third kappa shape index (κ3) is 6.64. The van der Waals surface area contributed by atoms with Gasteiger partial charge < -0.3 is 14.8 Å². The van der Waals surface area contributed by atoms with Gasteiger partial charge in [0.05, 0.1) is 6.21 Å². The lowest BCUT2D eigenvalue weighted by molar-refractivity contribution is -0.123. The molecular weight excluding hydrogens is 444 g/mol. The van der Waals surface area contributed by atoms with E-state index in [2.05, 4.69) is 20.8 Å². The quantitative estimate of drug-likeness (QED) is 0.285.